The van der Waals surface area contributed by atoms with Gasteiger partial charge in [-0.05, 0) is 30.4 Å². The number of rotatable bonds is 5. The normalized spacial score (nSPS) is 13.4. The first kappa shape index (κ1) is 15.2. The standard InChI is InChI=1S/C15H14N4O3S/c20-13(15-17-10-18-19-15)7-6-12-14(8-9-16-12)23(21,22)11-4-2-1-3-5-11/h1-10,13,16,20H,(H,17,18,19). The van der Waals surface area contributed by atoms with Crippen molar-refractivity contribution in [1.29, 1.82) is 0 Å². The minimum atomic E-state index is -3.63. The molecule has 0 fully saturated rings. The zero-order valence-corrected chi connectivity index (χ0v) is 12.7. The summed E-state index contributed by atoms with van der Waals surface area (Å²) in [6.07, 6.45) is 4.77. The maximum Gasteiger partial charge on any atom is 0.208 e. The fraction of sp³-hybridized carbons (Fsp3) is 0.0667. The molecule has 8 heteroatoms. The molecule has 3 aromatic rings. The average Bonchev–Trinajstić information content (AvgIpc) is 3.25. The second-order valence-corrected chi connectivity index (χ2v) is 6.65. The van der Waals surface area contributed by atoms with Crippen molar-refractivity contribution >= 4 is 15.9 Å². The van der Waals surface area contributed by atoms with Gasteiger partial charge < -0.3 is 10.1 Å². The maximum absolute atomic E-state index is 12.6. The molecule has 0 aliphatic heterocycles. The van der Waals surface area contributed by atoms with E-state index in [4.69, 9.17) is 0 Å². The third-order valence-corrected chi connectivity index (χ3v) is 5.05. The Morgan fingerprint density at radius 3 is 2.65 bits per heavy atom. The SMILES string of the molecule is O=S(=O)(c1ccccc1)c1cc[nH]c1C=CC(O)c1nc[nH]n1. The number of nitrogens with zero attached hydrogens (tertiary/aromatic N) is 2. The molecular weight excluding hydrogens is 316 g/mol. The van der Waals surface area contributed by atoms with Gasteiger partial charge in [0.2, 0.25) is 9.84 Å². The van der Waals surface area contributed by atoms with Crippen molar-refractivity contribution in [1.82, 2.24) is 20.2 Å². The van der Waals surface area contributed by atoms with Crippen LogP contribution < -0.4 is 0 Å². The predicted octanol–water partition coefficient (Wildman–Crippen LogP) is 1.71. The highest BCUT2D eigenvalue weighted by molar-refractivity contribution is 7.91. The average molecular weight is 330 g/mol. The molecule has 0 saturated carbocycles. The Kier molecular flexibility index (Phi) is 4.09. The summed E-state index contributed by atoms with van der Waals surface area (Å²) in [5, 5.41) is 16.2. The van der Waals surface area contributed by atoms with E-state index in [1.165, 1.54) is 42.9 Å². The Hall–Kier alpha value is -2.71. The summed E-state index contributed by atoms with van der Waals surface area (Å²) in [5.74, 6) is 0.209. The fourth-order valence-corrected chi connectivity index (χ4v) is 3.53. The number of hydrogen-bond donors (Lipinski definition) is 3. The van der Waals surface area contributed by atoms with Gasteiger partial charge >= 0.3 is 0 Å². The maximum atomic E-state index is 12.6. The van der Waals surface area contributed by atoms with E-state index >= 15 is 0 Å². The highest BCUT2D eigenvalue weighted by Gasteiger charge is 2.21. The van der Waals surface area contributed by atoms with Crippen molar-refractivity contribution in [2.24, 2.45) is 0 Å². The molecule has 0 saturated heterocycles. The number of aliphatic hydroxyl groups excluding tert-OH is 1. The van der Waals surface area contributed by atoms with Crippen molar-refractivity contribution in [2.45, 2.75) is 15.9 Å². The molecule has 1 aromatic carbocycles. The van der Waals surface area contributed by atoms with Crippen LogP contribution in [0.5, 0.6) is 0 Å². The number of aromatic nitrogens is 4. The number of aliphatic hydroxyl groups is 1. The molecule has 0 aliphatic rings. The van der Waals surface area contributed by atoms with Crippen molar-refractivity contribution in [3.8, 4) is 0 Å². The van der Waals surface area contributed by atoms with Gasteiger partial charge in [0.15, 0.2) is 5.82 Å². The van der Waals surface area contributed by atoms with E-state index in [0.717, 1.165) is 0 Å². The second-order valence-electron chi connectivity index (χ2n) is 4.73. The van der Waals surface area contributed by atoms with E-state index in [0.29, 0.717) is 5.69 Å². The molecule has 1 atom stereocenters. The molecule has 7 nitrogen and oxygen atoms in total. The lowest BCUT2D eigenvalue weighted by Crippen LogP contribution is -2.02. The number of benzene rings is 1. The third-order valence-electron chi connectivity index (χ3n) is 3.23. The Morgan fingerprint density at radius 2 is 1.96 bits per heavy atom. The van der Waals surface area contributed by atoms with Gasteiger partial charge in [0.25, 0.3) is 0 Å². The van der Waals surface area contributed by atoms with Crippen LogP contribution in [0.25, 0.3) is 6.08 Å². The first-order valence-corrected chi connectivity index (χ1v) is 8.27. The van der Waals surface area contributed by atoms with Crippen molar-refractivity contribution in [3.05, 3.63) is 66.5 Å². The van der Waals surface area contributed by atoms with Gasteiger partial charge in [0.1, 0.15) is 12.4 Å². The van der Waals surface area contributed by atoms with E-state index < -0.39 is 15.9 Å². The Bertz CT molecular complexity index is 899. The number of H-pyrrole nitrogens is 2. The van der Waals surface area contributed by atoms with Gasteiger partial charge in [-0.25, -0.2) is 13.4 Å². The van der Waals surface area contributed by atoms with Crippen LogP contribution in [0.15, 0.2) is 64.8 Å². The van der Waals surface area contributed by atoms with Crippen LogP contribution in [0.2, 0.25) is 0 Å². The summed E-state index contributed by atoms with van der Waals surface area (Å²) in [6.45, 7) is 0. The fourth-order valence-electron chi connectivity index (χ4n) is 2.09. The van der Waals surface area contributed by atoms with E-state index in [1.807, 2.05) is 0 Å². The van der Waals surface area contributed by atoms with E-state index in [9.17, 15) is 13.5 Å². The van der Waals surface area contributed by atoms with Gasteiger partial charge in [-0.3, -0.25) is 5.10 Å². The van der Waals surface area contributed by atoms with Crippen molar-refractivity contribution in [2.75, 3.05) is 0 Å². The summed E-state index contributed by atoms with van der Waals surface area (Å²) < 4.78 is 25.3. The molecule has 0 aliphatic carbocycles. The molecule has 2 aromatic heterocycles. The van der Waals surface area contributed by atoms with Crippen LogP contribution in [-0.2, 0) is 9.84 Å². The zero-order chi connectivity index (χ0) is 16.3. The molecule has 0 bridgehead atoms. The lowest BCUT2D eigenvalue weighted by molar-refractivity contribution is 0.219. The predicted molar refractivity (Wildman–Crippen MR) is 83.1 cm³/mol. The first-order chi connectivity index (χ1) is 11.1. The number of sulfone groups is 1. The van der Waals surface area contributed by atoms with Gasteiger partial charge in [-0.15, -0.1) is 0 Å². The summed E-state index contributed by atoms with van der Waals surface area (Å²) in [5.41, 5.74) is 0.378. The van der Waals surface area contributed by atoms with Gasteiger partial charge in [-0.2, -0.15) is 5.10 Å². The molecule has 3 N–H and O–H groups in total. The van der Waals surface area contributed by atoms with Crippen molar-refractivity contribution < 1.29 is 13.5 Å². The molecule has 118 valence electrons. The highest BCUT2D eigenvalue weighted by Crippen LogP contribution is 2.24. The molecule has 3 rings (SSSR count). The topological polar surface area (TPSA) is 112 Å². The quantitative estimate of drug-likeness (QED) is 0.659. The van der Waals surface area contributed by atoms with E-state index in [1.54, 1.807) is 18.2 Å². The van der Waals surface area contributed by atoms with Gasteiger partial charge in [0.05, 0.1) is 15.5 Å². The molecular formula is C15H14N4O3S. The third kappa shape index (κ3) is 3.08. The zero-order valence-electron chi connectivity index (χ0n) is 11.9. The highest BCUT2D eigenvalue weighted by atomic mass is 32.2. The van der Waals surface area contributed by atoms with Crippen molar-refractivity contribution in [3.63, 3.8) is 0 Å². The minimum absolute atomic E-state index is 0.141. The van der Waals surface area contributed by atoms with Crippen LogP contribution in [0, 0.1) is 0 Å². The lowest BCUT2D eigenvalue weighted by Gasteiger charge is -2.04. The summed E-state index contributed by atoms with van der Waals surface area (Å²) in [6, 6.07) is 9.66. The largest absolute Gasteiger partial charge is 0.381 e. The van der Waals surface area contributed by atoms with E-state index in [-0.39, 0.29) is 15.6 Å². The summed E-state index contributed by atoms with van der Waals surface area (Å²) >= 11 is 0. The van der Waals surface area contributed by atoms with Crippen LogP contribution in [-0.4, -0.2) is 33.7 Å². The van der Waals surface area contributed by atoms with Crippen LogP contribution in [0.1, 0.15) is 17.6 Å². The molecule has 23 heavy (non-hydrogen) atoms. The Balaban J connectivity index is 1.91. The summed E-state index contributed by atoms with van der Waals surface area (Å²) in [4.78, 5) is 7.05. The van der Waals surface area contributed by atoms with E-state index in [2.05, 4.69) is 20.2 Å². The van der Waals surface area contributed by atoms with Crippen LogP contribution >= 0.6 is 0 Å². The Morgan fingerprint density at radius 1 is 1.17 bits per heavy atom. The monoisotopic (exact) mass is 330 g/mol. The molecule has 0 radical (unpaired) electrons. The smallest absolute Gasteiger partial charge is 0.208 e. The molecule has 2 heterocycles. The number of hydrogen-bond acceptors (Lipinski definition) is 5. The molecule has 0 spiro atoms. The first-order valence-electron chi connectivity index (χ1n) is 6.78. The molecule has 1 unspecified atom stereocenters. The van der Waals surface area contributed by atoms with Crippen LogP contribution in [0.4, 0.5) is 0 Å². The number of nitrogens with one attached hydrogen (secondary N) is 2. The van der Waals surface area contributed by atoms with Gasteiger partial charge in [0, 0.05) is 6.20 Å². The number of aromatic amines is 2. The Labute approximate surface area is 132 Å². The van der Waals surface area contributed by atoms with Crippen LogP contribution in [0.3, 0.4) is 0 Å². The molecule has 0 amide bonds. The minimum Gasteiger partial charge on any atom is -0.381 e. The lowest BCUT2D eigenvalue weighted by atomic mass is 10.3. The second kappa shape index (κ2) is 6.19. The summed E-state index contributed by atoms with van der Waals surface area (Å²) in [7, 11) is -3.63. The van der Waals surface area contributed by atoms with Gasteiger partial charge in [-0.1, -0.05) is 18.2 Å².